The lowest BCUT2D eigenvalue weighted by molar-refractivity contribution is -0.153. The summed E-state index contributed by atoms with van der Waals surface area (Å²) in [6, 6.07) is 0. The first-order chi connectivity index (χ1) is 8.89. The predicted molar refractivity (Wildman–Crippen MR) is 76.7 cm³/mol. The summed E-state index contributed by atoms with van der Waals surface area (Å²) < 4.78 is 5.63. The molecule has 110 valence electrons. The Morgan fingerprint density at radius 2 is 1.68 bits per heavy atom. The van der Waals surface area contributed by atoms with Crippen molar-refractivity contribution >= 4 is 5.97 Å². The van der Waals surface area contributed by atoms with Crippen molar-refractivity contribution < 1.29 is 9.53 Å². The molecule has 19 heavy (non-hydrogen) atoms. The van der Waals surface area contributed by atoms with Gasteiger partial charge >= 0.3 is 5.97 Å². The van der Waals surface area contributed by atoms with Crippen LogP contribution in [0.15, 0.2) is 0 Å². The predicted octanol–water partition coefficient (Wildman–Crippen LogP) is 3.55. The molecule has 2 fully saturated rings. The molecule has 0 aromatic rings. The third kappa shape index (κ3) is 4.48. The summed E-state index contributed by atoms with van der Waals surface area (Å²) in [5.41, 5.74) is 6.44. The van der Waals surface area contributed by atoms with Crippen LogP contribution in [-0.2, 0) is 9.53 Å². The van der Waals surface area contributed by atoms with Crippen LogP contribution in [0.3, 0.4) is 0 Å². The van der Waals surface area contributed by atoms with Gasteiger partial charge in [0.05, 0.1) is 6.42 Å². The molecule has 0 amide bonds. The summed E-state index contributed by atoms with van der Waals surface area (Å²) in [4.78, 5) is 12.0. The molecule has 3 heteroatoms. The zero-order valence-corrected chi connectivity index (χ0v) is 12.5. The summed E-state index contributed by atoms with van der Waals surface area (Å²) in [5, 5.41) is 0. The summed E-state index contributed by atoms with van der Waals surface area (Å²) >= 11 is 0. The first-order valence-electron chi connectivity index (χ1n) is 7.87. The number of esters is 1. The molecule has 3 nitrogen and oxygen atoms in total. The molecule has 2 saturated carbocycles. The maximum absolute atomic E-state index is 12.0. The SMILES string of the molecule is CC1(C)CCC(OC(=O)CC2(N)CCCCC2)CC1. The van der Waals surface area contributed by atoms with Crippen molar-refractivity contribution in [2.75, 3.05) is 0 Å². The molecule has 2 rings (SSSR count). The molecule has 2 aliphatic carbocycles. The molecular weight excluding hydrogens is 238 g/mol. The number of rotatable bonds is 3. The molecule has 0 heterocycles. The van der Waals surface area contributed by atoms with Crippen molar-refractivity contribution in [1.29, 1.82) is 0 Å². The Hall–Kier alpha value is -0.570. The fourth-order valence-corrected chi connectivity index (χ4v) is 3.44. The maximum atomic E-state index is 12.0. The van der Waals surface area contributed by atoms with Gasteiger partial charge in [0, 0.05) is 5.54 Å². The van der Waals surface area contributed by atoms with Gasteiger partial charge in [0.2, 0.25) is 0 Å². The molecular formula is C16H29NO2. The van der Waals surface area contributed by atoms with Gasteiger partial charge in [-0.05, 0) is 43.9 Å². The quantitative estimate of drug-likeness (QED) is 0.796. The van der Waals surface area contributed by atoms with Gasteiger partial charge in [0.25, 0.3) is 0 Å². The number of hydrogen-bond acceptors (Lipinski definition) is 3. The van der Waals surface area contributed by atoms with Crippen LogP contribution in [-0.4, -0.2) is 17.6 Å². The molecule has 2 aliphatic rings. The molecule has 0 radical (unpaired) electrons. The Balaban J connectivity index is 1.75. The van der Waals surface area contributed by atoms with Crippen molar-refractivity contribution in [3.05, 3.63) is 0 Å². The van der Waals surface area contributed by atoms with Crippen molar-refractivity contribution in [1.82, 2.24) is 0 Å². The molecule has 0 saturated heterocycles. The zero-order chi connectivity index (χ0) is 13.9. The van der Waals surface area contributed by atoms with E-state index in [0.29, 0.717) is 11.8 Å². The fraction of sp³-hybridized carbons (Fsp3) is 0.938. The van der Waals surface area contributed by atoms with E-state index in [9.17, 15) is 4.79 Å². The van der Waals surface area contributed by atoms with E-state index in [-0.39, 0.29) is 17.6 Å². The van der Waals surface area contributed by atoms with Crippen LogP contribution in [0.2, 0.25) is 0 Å². The Labute approximate surface area is 117 Å². The van der Waals surface area contributed by atoms with Gasteiger partial charge in [0.1, 0.15) is 6.10 Å². The fourth-order valence-electron chi connectivity index (χ4n) is 3.44. The van der Waals surface area contributed by atoms with E-state index in [1.54, 1.807) is 0 Å². The van der Waals surface area contributed by atoms with Gasteiger partial charge in [-0.15, -0.1) is 0 Å². The van der Waals surface area contributed by atoms with E-state index < -0.39 is 0 Å². The average Bonchev–Trinajstić information content (AvgIpc) is 2.32. The van der Waals surface area contributed by atoms with Crippen molar-refractivity contribution in [3.63, 3.8) is 0 Å². The summed E-state index contributed by atoms with van der Waals surface area (Å²) in [7, 11) is 0. The highest BCUT2D eigenvalue weighted by atomic mass is 16.5. The third-order valence-electron chi connectivity index (χ3n) is 4.93. The van der Waals surface area contributed by atoms with E-state index >= 15 is 0 Å². The number of nitrogens with two attached hydrogens (primary N) is 1. The minimum Gasteiger partial charge on any atom is -0.462 e. The summed E-state index contributed by atoms with van der Waals surface area (Å²) in [6.45, 7) is 4.59. The lowest BCUT2D eigenvalue weighted by Gasteiger charge is -2.35. The normalized spacial score (nSPS) is 26.9. The van der Waals surface area contributed by atoms with E-state index in [0.717, 1.165) is 51.4 Å². The first-order valence-corrected chi connectivity index (χ1v) is 7.87. The van der Waals surface area contributed by atoms with Gasteiger partial charge in [-0.1, -0.05) is 33.1 Å². The summed E-state index contributed by atoms with van der Waals surface area (Å²) in [6.07, 6.45) is 10.4. The highest BCUT2D eigenvalue weighted by Crippen LogP contribution is 2.36. The number of carbonyl (C=O) groups excluding carboxylic acids is 1. The van der Waals surface area contributed by atoms with E-state index in [4.69, 9.17) is 10.5 Å². The second-order valence-electron chi connectivity index (χ2n) is 7.45. The van der Waals surface area contributed by atoms with Gasteiger partial charge in [-0.2, -0.15) is 0 Å². The van der Waals surface area contributed by atoms with E-state index in [2.05, 4.69) is 13.8 Å². The van der Waals surface area contributed by atoms with Crippen molar-refractivity contribution in [2.45, 2.75) is 89.7 Å². The van der Waals surface area contributed by atoms with Crippen LogP contribution in [0.1, 0.15) is 78.1 Å². The van der Waals surface area contributed by atoms with Gasteiger partial charge in [-0.25, -0.2) is 0 Å². The van der Waals surface area contributed by atoms with Gasteiger partial charge in [0.15, 0.2) is 0 Å². The highest BCUT2D eigenvalue weighted by Gasteiger charge is 2.33. The molecule has 2 N–H and O–H groups in total. The van der Waals surface area contributed by atoms with Crippen LogP contribution < -0.4 is 5.73 Å². The van der Waals surface area contributed by atoms with E-state index in [1.165, 1.54) is 6.42 Å². The molecule has 0 atom stereocenters. The molecule has 0 spiro atoms. The van der Waals surface area contributed by atoms with Crippen molar-refractivity contribution in [3.8, 4) is 0 Å². The Bertz CT molecular complexity index is 309. The largest absolute Gasteiger partial charge is 0.462 e. The number of carbonyl (C=O) groups is 1. The van der Waals surface area contributed by atoms with Crippen LogP contribution in [0.4, 0.5) is 0 Å². The molecule has 0 aliphatic heterocycles. The smallest absolute Gasteiger partial charge is 0.307 e. The third-order valence-corrected chi connectivity index (χ3v) is 4.93. The van der Waals surface area contributed by atoms with E-state index in [1.807, 2.05) is 0 Å². The number of ether oxygens (including phenoxy) is 1. The Kier molecular flexibility index (Phi) is 4.54. The molecule has 0 aromatic carbocycles. The van der Waals surface area contributed by atoms with Crippen LogP contribution >= 0.6 is 0 Å². The minimum absolute atomic E-state index is 0.0749. The minimum atomic E-state index is -0.288. The van der Waals surface area contributed by atoms with Crippen molar-refractivity contribution in [2.24, 2.45) is 11.1 Å². The molecule has 0 bridgehead atoms. The van der Waals surface area contributed by atoms with Gasteiger partial charge in [-0.3, -0.25) is 4.79 Å². The van der Waals surface area contributed by atoms with Crippen LogP contribution in [0.25, 0.3) is 0 Å². The topological polar surface area (TPSA) is 52.3 Å². The molecule has 0 aromatic heterocycles. The lowest BCUT2D eigenvalue weighted by Crippen LogP contribution is -2.44. The standard InChI is InChI=1S/C16H29NO2/c1-15(2)10-6-13(7-11-15)19-14(18)12-16(17)8-4-3-5-9-16/h13H,3-12,17H2,1-2H3. The monoisotopic (exact) mass is 267 g/mol. The lowest BCUT2D eigenvalue weighted by atomic mass is 9.76. The first kappa shape index (κ1) is 14.8. The zero-order valence-electron chi connectivity index (χ0n) is 12.5. The summed E-state index contributed by atoms with van der Waals surface area (Å²) in [5.74, 6) is -0.0749. The van der Waals surface area contributed by atoms with Gasteiger partial charge < -0.3 is 10.5 Å². The highest BCUT2D eigenvalue weighted by molar-refractivity contribution is 5.71. The maximum Gasteiger partial charge on any atom is 0.307 e. The molecule has 0 unspecified atom stereocenters. The second kappa shape index (κ2) is 5.82. The number of hydrogen-bond donors (Lipinski definition) is 1. The second-order valence-corrected chi connectivity index (χ2v) is 7.45. The van der Waals surface area contributed by atoms with Crippen LogP contribution in [0, 0.1) is 5.41 Å². The Morgan fingerprint density at radius 3 is 2.26 bits per heavy atom. The Morgan fingerprint density at radius 1 is 1.11 bits per heavy atom. The van der Waals surface area contributed by atoms with Crippen LogP contribution in [0.5, 0.6) is 0 Å². The average molecular weight is 267 g/mol.